The first-order valence-electron chi connectivity index (χ1n) is 9.13. The van der Waals surface area contributed by atoms with Crippen molar-refractivity contribution in [1.82, 2.24) is 20.1 Å². The van der Waals surface area contributed by atoms with Crippen LogP contribution in [-0.2, 0) is 24.9 Å². The number of hydrogen-bond donors (Lipinski definition) is 1. The summed E-state index contributed by atoms with van der Waals surface area (Å²) in [7, 11) is 1.88. The van der Waals surface area contributed by atoms with Gasteiger partial charge in [0, 0.05) is 13.6 Å². The molecule has 0 aliphatic carbocycles. The number of carbonyl (C=O) groups is 1. The fourth-order valence-electron chi connectivity index (χ4n) is 2.63. The van der Waals surface area contributed by atoms with Gasteiger partial charge in [-0.3, -0.25) is 4.79 Å². The summed E-state index contributed by atoms with van der Waals surface area (Å²) < 4.78 is 7.69. The van der Waals surface area contributed by atoms with Gasteiger partial charge in [0.2, 0.25) is 5.91 Å². The van der Waals surface area contributed by atoms with Crippen LogP contribution in [0, 0.1) is 6.92 Å². The van der Waals surface area contributed by atoms with E-state index >= 15 is 0 Å². The highest BCUT2D eigenvalue weighted by Gasteiger charge is 2.12. The van der Waals surface area contributed by atoms with Gasteiger partial charge in [-0.05, 0) is 30.5 Å². The van der Waals surface area contributed by atoms with E-state index in [1.54, 1.807) is 0 Å². The second-order valence-electron chi connectivity index (χ2n) is 6.39. The summed E-state index contributed by atoms with van der Waals surface area (Å²) in [6, 6.07) is 18.0. The third-order valence-electron chi connectivity index (χ3n) is 4.29. The van der Waals surface area contributed by atoms with E-state index in [1.165, 1.54) is 17.3 Å². The van der Waals surface area contributed by atoms with Crippen LogP contribution in [0.2, 0.25) is 0 Å². The molecule has 28 heavy (non-hydrogen) atoms. The minimum atomic E-state index is -0.0124. The summed E-state index contributed by atoms with van der Waals surface area (Å²) >= 11 is 1.37. The summed E-state index contributed by atoms with van der Waals surface area (Å²) in [6.07, 6.45) is 0.821. The molecule has 0 fully saturated rings. The maximum absolute atomic E-state index is 12.1. The topological polar surface area (TPSA) is 69.0 Å². The largest absolute Gasteiger partial charge is 0.485 e. The highest BCUT2D eigenvalue weighted by molar-refractivity contribution is 7.99. The summed E-state index contributed by atoms with van der Waals surface area (Å²) in [5, 5.41) is 12.0. The minimum absolute atomic E-state index is 0.0124. The van der Waals surface area contributed by atoms with Crippen molar-refractivity contribution in [1.29, 1.82) is 0 Å². The van der Waals surface area contributed by atoms with Crippen molar-refractivity contribution < 1.29 is 9.53 Å². The van der Waals surface area contributed by atoms with Gasteiger partial charge >= 0.3 is 0 Å². The zero-order valence-corrected chi connectivity index (χ0v) is 16.9. The average Bonchev–Trinajstić information content (AvgIpc) is 3.06. The number of para-hydroxylation sites is 1. The first kappa shape index (κ1) is 19.9. The molecule has 0 bridgehead atoms. The molecule has 0 aliphatic heterocycles. The number of nitrogens with one attached hydrogen (secondary N) is 1. The smallest absolute Gasteiger partial charge is 0.230 e. The predicted octanol–water partition coefficient (Wildman–Crippen LogP) is 3.15. The van der Waals surface area contributed by atoms with Gasteiger partial charge in [-0.15, -0.1) is 10.2 Å². The zero-order valence-electron chi connectivity index (χ0n) is 16.1. The molecule has 0 saturated carbocycles. The molecule has 1 heterocycles. The Morgan fingerprint density at radius 2 is 1.86 bits per heavy atom. The standard InChI is InChI=1S/C21H24N4O2S/c1-16-8-6-7-11-18(16)27-14-19-23-24-21(25(19)2)28-15-20(26)22-13-12-17-9-4-3-5-10-17/h3-11H,12-15H2,1-2H3,(H,22,26). The number of thioether (sulfide) groups is 1. The van der Waals surface area contributed by atoms with Gasteiger partial charge in [0.1, 0.15) is 12.4 Å². The normalized spacial score (nSPS) is 10.6. The third-order valence-corrected chi connectivity index (χ3v) is 5.31. The van der Waals surface area contributed by atoms with Gasteiger partial charge in [0.05, 0.1) is 5.75 Å². The summed E-state index contributed by atoms with van der Waals surface area (Å²) in [4.78, 5) is 12.1. The van der Waals surface area contributed by atoms with Crippen LogP contribution in [0.5, 0.6) is 5.75 Å². The number of aromatic nitrogens is 3. The lowest BCUT2D eigenvalue weighted by Crippen LogP contribution is -2.27. The van der Waals surface area contributed by atoms with Crippen LogP contribution in [0.25, 0.3) is 0 Å². The van der Waals surface area contributed by atoms with Crippen molar-refractivity contribution in [3.05, 3.63) is 71.5 Å². The van der Waals surface area contributed by atoms with Gasteiger partial charge < -0.3 is 14.6 Å². The number of amides is 1. The molecule has 2 aromatic carbocycles. The highest BCUT2D eigenvalue weighted by atomic mass is 32.2. The molecule has 3 rings (SSSR count). The Morgan fingerprint density at radius 3 is 2.64 bits per heavy atom. The number of rotatable bonds is 9. The highest BCUT2D eigenvalue weighted by Crippen LogP contribution is 2.19. The van der Waals surface area contributed by atoms with Crippen LogP contribution < -0.4 is 10.1 Å². The molecule has 146 valence electrons. The number of aryl methyl sites for hydroxylation is 1. The minimum Gasteiger partial charge on any atom is -0.485 e. The average molecular weight is 397 g/mol. The van der Waals surface area contributed by atoms with E-state index in [1.807, 2.05) is 61.0 Å². The Morgan fingerprint density at radius 1 is 1.11 bits per heavy atom. The van der Waals surface area contributed by atoms with E-state index in [0.29, 0.717) is 24.1 Å². The van der Waals surface area contributed by atoms with Crippen LogP contribution in [0.4, 0.5) is 0 Å². The van der Waals surface area contributed by atoms with Crippen molar-refractivity contribution >= 4 is 17.7 Å². The summed E-state index contributed by atoms with van der Waals surface area (Å²) in [5.74, 6) is 1.84. The lowest BCUT2D eigenvalue weighted by atomic mass is 10.1. The Balaban J connectivity index is 1.43. The molecule has 1 aromatic heterocycles. The molecule has 1 N–H and O–H groups in total. The van der Waals surface area contributed by atoms with Gasteiger partial charge in [0.25, 0.3) is 0 Å². The maximum Gasteiger partial charge on any atom is 0.230 e. The number of carbonyl (C=O) groups excluding carboxylic acids is 1. The molecule has 0 atom stereocenters. The maximum atomic E-state index is 12.1. The lowest BCUT2D eigenvalue weighted by Gasteiger charge is -2.08. The van der Waals surface area contributed by atoms with E-state index in [-0.39, 0.29) is 5.91 Å². The van der Waals surface area contributed by atoms with Crippen LogP contribution in [-0.4, -0.2) is 33.0 Å². The Kier molecular flexibility index (Phi) is 7.08. The van der Waals surface area contributed by atoms with Crippen molar-refractivity contribution in [2.24, 2.45) is 7.05 Å². The van der Waals surface area contributed by atoms with Gasteiger partial charge in [-0.1, -0.05) is 60.3 Å². The van der Waals surface area contributed by atoms with Crippen molar-refractivity contribution in [2.75, 3.05) is 12.3 Å². The van der Waals surface area contributed by atoms with Crippen LogP contribution in [0.1, 0.15) is 17.0 Å². The Hall–Kier alpha value is -2.80. The molecule has 0 aliphatic rings. The molecule has 0 spiro atoms. The van der Waals surface area contributed by atoms with Crippen LogP contribution >= 0.6 is 11.8 Å². The second-order valence-corrected chi connectivity index (χ2v) is 7.33. The fraction of sp³-hybridized carbons (Fsp3) is 0.286. The number of ether oxygens (including phenoxy) is 1. The Bertz CT molecular complexity index is 912. The van der Waals surface area contributed by atoms with Crippen molar-refractivity contribution in [3.63, 3.8) is 0 Å². The molecule has 6 nitrogen and oxygen atoms in total. The number of benzene rings is 2. The Labute approximate surface area is 169 Å². The zero-order chi connectivity index (χ0) is 19.8. The van der Waals surface area contributed by atoms with Gasteiger partial charge in [-0.25, -0.2) is 0 Å². The summed E-state index contributed by atoms with van der Waals surface area (Å²) in [5.41, 5.74) is 2.29. The molecular weight excluding hydrogens is 372 g/mol. The molecule has 3 aromatic rings. The molecule has 0 unspecified atom stereocenters. The van der Waals surface area contributed by atoms with E-state index in [2.05, 4.69) is 27.6 Å². The number of hydrogen-bond acceptors (Lipinski definition) is 5. The second kappa shape index (κ2) is 9.94. The quantitative estimate of drug-likeness (QED) is 0.563. The monoisotopic (exact) mass is 396 g/mol. The molecule has 1 amide bonds. The fourth-order valence-corrected chi connectivity index (χ4v) is 3.39. The summed E-state index contributed by atoms with van der Waals surface area (Å²) in [6.45, 7) is 2.96. The van der Waals surface area contributed by atoms with E-state index in [0.717, 1.165) is 23.6 Å². The predicted molar refractivity (Wildman–Crippen MR) is 110 cm³/mol. The molecule has 0 saturated heterocycles. The van der Waals surface area contributed by atoms with Crippen LogP contribution in [0.15, 0.2) is 59.8 Å². The van der Waals surface area contributed by atoms with Crippen molar-refractivity contribution in [2.45, 2.75) is 25.1 Å². The van der Waals surface area contributed by atoms with E-state index in [4.69, 9.17) is 4.74 Å². The molecular formula is C21H24N4O2S. The number of nitrogens with zero attached hydrogens (tertiary/aromatic N) is 3. The lowest BCUT2D eigenvalue weighted by molar-refractivity contribution is -0.118. The van der Waals surface area contributed by atoms with E-state index in [9.17, 15) is 4.79 Å². The van der Waals surface area contributed by atoms with Gasteiger partial charge in [-0.2, -0.15) is 0 Å². The van der Waals surface area contributed by atoms with Crippen LogP contribution in [0.3, 0.4) is 0 Å². The van der Waals surface area contributed by atoms with Crippen molar-refractivity contribution in [3.8, 4) is 5.75 Å². The SMILES string of the molecule is Cc1ccccc1OCc1nnc(SCC(=O)NCCc2ccccc2)n1C. The molecule has 0 radical (unpaired) electrons. The third kappa shape index (κ3) is 5.60. The first-order valence-corrected chi connectivity index (χ1v) is 10.1. The van der Waals surface area contributed by atoms with E-state index < -0.39 is 0 Å². The first-order chi connectivity index (χ1) is 13.6. The van der Waals surface area contributed by atoms with Gasteiger partial charge in [0.15, 0.2) is 11.0 Å². The molecule has 7 heteroatoms.